The van der Waals surface area contributed by atoms with Gasteiger partial charge in [0.2, 0.25) is 5.91 Å². The molecule has 1 saturated heterocycles. The van der Waals surface area contributed by atoms with Crippen molar-refractivity contribution in [3.05, 3.63) is 34.8 Å². The Kier molecular flexibility index (Phi) is 5.11. The fourth-order valence-electron chi connectivity index (χ4n) is 2.35. The number of rotatable bonds is 4. The molecule has 0 aromatic heterocycles. The molecule has 1 amide bonds. The lowest BCUT2D eigenvalue weighted by Crippen LogP contribution is -2.41. The van der Waals surface area contributed by atoms with Gasteiger partial charge in [-0.05, 0) is 57.3 Å². The van der Waals surface area contributed by atoms with E-state index in [1.54, 1.807) is 6.07 Å². The van der Waals surface area contributed by atoms with E-state index in [1.165, 1.54) is 6.92 Å². The summed E-state index contributed by atoms with van der Waals surface area (Å²) < 4.78 is 12.2. The van der Waals surface area contributed by atoms with E-state index in [0.29, 0.717) is 6.54 Å². The average Bonchev–Trinajstić information content (AvgIpc) is 2.67. The zero-order valence-electron chi connectivity index (χ0n) is 15.3. The van der Waals surface area contributed by atoms with Gasteiger partial charge >= 0.3 is 7.12 Å². The van der Waals surface area contributed by atoms with Gasteiger partial charge in [0.25, 0.3) is 0 Å². The van der Waals surface area contributed by atoms with Crippen molar-refractivity contribution in [1.29, 1.82) is 0 Å². The molecule has 6 heteroatoms. The number of amides is 1. The van der Waals surface area contributed by atoms with Crippen LogP contribution in [0.2, 0.25) is 0 Å². The standard InChI is InChI=1S/C18H26BNO4/c1-12-7-8-14(10-16(12)22)9-15(11-20-13(2)21)19-23-17(3,4)18(5,6)24-19/h7-10,22H,11H2,1-6H3,(H,20,21). The Hall–Kier alpha value is -1.79. The number of phenolic OH excluding ortho intramolecular Hbond substituents is 1. The minimum Gasteiger partial charge on any atom is -0.508 e. The maximum Gasteiger partial charge on any atom is 0.492 e. The van der Waals surface area contributed by atoms with Gasteiger partial charge < -0.3 is 19.7 Å². The lowest BCUT2D eigenvalue weighted by molar-refractivity contribution is -0.118. The molecule has 1 aliphatic heterocycles. The van der Waals surface area contributed by atoms with Crippen LogP contribution >= 0.6 is 0 Å². The van der Waals surface area contributed by atoms with Crippen LogP contribution in [-0.4, -0.2) is 35.9 Å². The van der Waals surface area contributed by atoms with Crippen LogP contribution in [0.1, 0.15) is 45.7 Å². The third-order valence-electron chi connectivity index (χ3n) is 4.68. The molecular weight excluding hydrogens is 305 g/mol. The molecule has 1 heterocycles. The SMILES string of the molecule is CC(=O)NCC(=Cc1ccc(C)c(O)c1)B1OC(C)(C)C(C)(C)O1. The highest BCUT2D eigenvalue weighted by molar-refractivity contribution is 6.56. The van der Waals surface area contributed by atoms with Crippen LogP contribution in [-0.2, 0) is 14.1 Å². The van der Waals surface area contributed by atoms with Crippen LogP contribution < -0.4 is 5.32 Å². The van der Waals surface area contributed by atoms with E-state index in [2.05, 4.69) is 5.32 Å². The first kappa shape index (κ1) is 18.6. The Morgan fingerprint density at radius 3 is 2.33 bits per heavy atom. The van der Waals surface area contributed by atoms with E-state index in [0.717, 1.165) is 16.6 Å². The number of phenols is 1. The molecule has 0 unspecified atom stereocenters. The molecule has 5 nitrogen and oxygen atoms in total. The number of carbonyl (C=O) groups excluding carboxylic acids is 1. The molecule has 1 aromatic rings. The smallest absolute Gasteiger partial charge is 0.492 e. The highest BCUT2D eigenvalue weighted by Crippen LogP contribution is 2.38. The van der Waals surface area contributed by atoms with Gasteiger partial charge in [0.05, 0.1) is 11.2 Å². The first-order valence-electron chi connectivity index (χ1n) is 8.12. The van der Waals surface area contributed by atoms with E-state index in [1.807, 2.05) is 52.8 Å². The van der Waals surface area contributed by atoms with Gasteiger partial charge in [0, 0.05) is 13.5 Å². The summed E-state index contributed by atoms with van der Waals surface area (Å²) in [4.78, 5) is 11.3. The van der Waals surface area contributed by atoms with Gasteiger partial charge in [-0.1, -0.05) is 18.2 Å². The van der Waals surface area contributed by atoms with E-state index in [-0.39, 0.29) is 11.7 Å². The van der Waals surface area contributed by atoms with Crippen LogP contribution in [0.25, 0.3) is 6.08 Å². The number of hydrogen-bond donors (Lipinski definition) is 2. The predicted molar refractivity (Wildman–Crippen MR) is 95.6 cm³/mol. The molecule has 0 atom stereocenters. The molecule has 0 bridgehead atoms. The number of aryl methyl sites for hydroxylation is 1. The summed E-state index contributed by atoms with van der Waals surface area (Å²) in [6.45, 7) is 11.6. The summed E-state index contributed by atoms with van der Waals surface area (Å²) in [6, 6.07) is 5.45. The molecule has 0 aliphatic carbocycles. The zero-order valence-corrected chi connectivity index (χ0v) is 15.3. The number of nitrogens with one attached hydrogen (secondary N) is 1. The van der Waals surface area contributed by atoms with Crippen LogP contribution in [0.15, 0.2) is 23.7 Å². The monoisotopic (exact) mass is 331 g/mol. The predicted octanol–water partition coefficient (Wildman–Crippen LogP) is 2.85. The van der Waals surface area contributed by atoms with Gasteiger partial charge in [0.1, 0.15) is 5.75 Å². The summed E-state index contributed by atoms with van der Waals surface area (Å²) in [5, 5.41) is 12.7. The maximum atomic E-state index is 11.3. The Balaban J connectivity index is 2.33. The summed E-state index contributed by atoms with van der Waals surface area (Å²) in [6.07, 6.45) is 1.89. The lowest BCUT2D eigenvalue weighted by atomic mass is 9.77. The number of hydrogen-bond acceptors (Lipinski definition) is 4. The number of aromatic hydroxyl groups is 1. The molecule has 1 aromatic carbocycles. The lowest BCUT2D eigenvalue weighted by Gasteiger charge is -2.32. The topological polar surface area (TPSA) is 67.8 Å². The molecule has 2 rings (SSSR count). The summed E-state index contributed by atoms with van der Waals surface area (Å²) in [5.74, 6) is 0.112. The van der Waals surface area contributed by atoms with Crippen LogP contribution in [0.3, 0.4) is 0 Å². The molecule has 0 saturated carbocycles. The molecular formula is C18H26BNO4. The van der Waals surface area contributed by atoms with Crippen molar-refractivity contribution in [3.63, 3.8) is 0 Å². The Labute approximate surface area is 144 Å². The highest BCUT2D eigenvalue weighted by Gasteiger charge is 2.52. The fourth-order valence-corrected chi connectivity index (χ4v) is 2.35. The van der Waals surface area contributed by atoms with Crippen molar-refractivity contribution in [2.45, 2.75) is 52.7 Å². The quantitative estimate of drug-likeness (QED) is 0.833. The largest absolute Gasteiger partial charge is 0.508 e. The maximum absolute atomic E-state index is 11.3. The first-order valence-corrected chi connectivity index (χ1v) is 8.12. The second-order valence-electron chi connectivity index (χ2n) is 7.26. The fraction of sp³-hybridized carbons (Fsp3) is 0.500. The number of benzene rings is 1. The minimum absolute atomic E-state index is 0.121. The third-order valence-corrected chi connectivity index (χ3v) is 4.68. The summed E-state index contributed by atoms with van der Waals surface area (Å²) >= 11 is 0. The second-order valence-corrected chi connectivity index (χ2v) is 7.26. The minimum atomic E-state index is -0.551. The average molecular weight is 331 g/mol. The Bertz CT molecular complexity index is 651. The van der Waals surface area contributed by atoms with Gasteiger partial charge in [-0.2, -0.15) is 0 Å². The summed E-state index contributed by atoms with van der Waals surface area (Å²) in [7, 11) is -0.551. The van der Waals surface area contributed by atoms with E-state index in [4.69, 9.17) is 9.31 Å². The summed E-state index contributed by atoms with van der Waals surface area (Å²) in [5.41, 5.74) is 1.52. The van der Waals surface area contributed by atoms with Crippen molar-refractivity contribution < 1.29 is 19.2 Å². The van der Waals surface area contributed by atoms with Crippen molar-refractivity contribution in [2.75, 3.05) is 6.54 Å². The zero-order chi connectivity index (χ0) is 18.1. The van der Waals surface area contributed by atoms with Crippen LogP contribution in [0.5, 0.6) is 5.75 Å². The van der Waals surface area contributed by atoms with Crippen molar-refractivity contribution in [2.24, 2.45) is 0 Å². The van der Waals surface area contributed by atoms with E-state index in [9.17, 15) is 9.90 Å². The molecule has 0 spiro atoms. The molecule has 130 valence electrons. The molecule has 24 heavy (non-hydrogen) atoms. The molecule has 1 fully saturated rings. The van der Waals surface area contributed by atoms with Gasteiger partial charge in [-0.25, -0.2) is 0 Å². The van der Waals surface area contributed by atoms with Crippen LogP contribution in [0, 0.1) is 6.92 Å². The second kappa shape index (κ2) is 6.61. The van der Waals surface area contributed by atoms with Gasteiger partial charge in [-0.3, -0.25) is 4.79 Å². The van der Waals surface area contributed by atoms with Gasteiger partial charge in [0.15, 0.2) is 0 Å². The first-order chi connectivity index (χ1) is 11.0. The number of carbonyl (C=O) groups is 1. The van der Waals surface area contributed by atoms with Crippen molar-refractivity contribution in [3.8, 4) is 5.75 Å². The Morgan fingerprint density at radius 2 is 1.83 bits per heavy atom. The van der Waals surface area contributed by atoms with E-state index >= 15 is 0 Å². The molecule has 2 N–H and O–H groups in total. The van der Waals surface area contributed by atoms with Crippen LogP contribution in [0.4, 0.5) is 0 Å². The van der Waals surface area contributed by atoms with E-state index < -0.39 is 18.3 Å². The van der Waals surface area contributed by atoms with Gasteiger partial charge in [-0.15, -0.1) is 0 Å². The van der Waals surface area contributed by atoms with Crippen molar-refractivity contribution in [1.82, 2.24) is 5.32 Å². The highest BCUT2D eigenvalue weighted by atomic mass is 16.7. The third kappa shape index (κ3) is 4.00. The molecule has 1 aliphatic rings. The Morgan fingerprint density at radius 1 is 1.25 bits per heavy atom. The normalized spacial score (nSPS) is 19.4. The van der Waals surface area contributed by atoms with Crippen molar-refractivity contribution >= 4 is 19.1 Å². The molecule has 0 radical (unpaired) electrons.